The molecule has 33 heavy (non-hydrogen) atoms. The number of hydrogen-bond acceptors (Lipinski definition) is 7. The SMILES string of the molecule is COc1ccc(/C(O)=C2\C(=O)C(=O)N(CCCN(C)C)[C@H]2c2ccc(O)c(OC)c2)cc1C. The van der Waals surface area contributed by atoms with Gasteiger partial charge >= 0.3 is 0 Å². The number of amides is 1. The van der Waals surface area contributed by atoms with Crippen molar-refractivity contribution in [3.63, 3.8) is 0 Å². The Morgan fingerprint density at radius 2 is 1.76 bits per heavy atom. The maximum Gasteiger partial charge on any atom is 0.295 e. The molecule has 1 aliphatic rings. The lowest BCUT2D eigenvalue weighted by Crippen LogP contribution is -2.32. The summed E-state index contributed by atoms with van der Waals surface area (Å²) in [5.41, 5.74) is 1.75. The molecule has 0 aliphatic carbocycles. The largest absolute Gasteiger partial charge is 0.507 e. The van der Waals surface area contributed by atoms with E-state index in [4.69, 9.17) is 9.47 Å². The number of likely N-dealkylation sites (tertiary alicyclic amines) is 1. The van der Waals surface area contributed by atoms with Crippen LogP contribution in [-0.2, 0) is 9.59 Å². The molecule has 3 rings (SSSR count). The molecule has 1 aliphatic heterocycles. The normalized spacial score (nSPS) is 17.6. The second kappa shape index (κ2) is 9.95. The summed E-state index contributed by atoms with van der Waals surface area (Å²) < 4.78 is 10.5. The van der Waals surface area contributed by atoms with Gasteiger partial charge in [-0.3, -0.25) is 9.59 Å². The van der Waals surface area contributed by atoms with E-state index < -0.39 is 17.7 Å². The first-order valence-corrected chi connectivity index (χ1v) is 10.6. The number of phenols is 1. The number of aromatic hydroxyl groups is 1. The van der Waals surface area contributed by atoms with Gasteiger partial charge in [0.2, 0.25) is 0 Å². The number of hydrogen-bond donors (Lipinski definition) is 2. The first kappa shape index (κ1) is 24.1. The minimum atomic E-state index is -0.816. The number of carbonyl (C=O) groups is 2. The van der Waals surface area contributed by atoms with Crippen molar-refractivity contribution in [2.24, 2.45) is 0 Å². The molecule has 176 valence electrons. The van der Waals surface area contributed by atoms with Gasteiger partial charge in [0.25, 0.3) is 11.7 Å². The van der Waals surface area contributed by atoms with Gasteiger partial charge < -0.3 is 29.5 Å². The molecule has 0 unspecified atom stereocenters. The van der Waals surface area contributed by atoms with Crippen molar-refractivity contribution in [3.8, 4) is 17.2 Å². The highest BCUT2D eigenvalue weighted by Crippen LogP contribution is 2.42. The standard InChI is InChI=1S/C25H30N2O6/c1-15-13-17(8-10-19(15)32-4)23(29)21-22(16-7-9-18(28)20(14-16)33-5)27(25(31)24(21)30)12-6-11-26(2)3/h7-10,13-14,22,28-29H,6,11-12H2,1-5H3/b23-21+/t22-/m0/s1. The number of phenolic OH excluding ortho intramolecular Hbond substituents is 1. The van der Waals surface area contributed by atoms with Crippen LogP contribution >= 0.6 is 0 Å². The fourth-order valence-corrected chi connectivity index (χ4v) is 4.06. The molecule has 1 saturated heterocycles. The van der Waals surface area contributed by atoms with E-state index in [9.17, 15) is 19.8 Å². The number of rotatable bonds is 8. The van der Waals surface area contributed by atoms with Crippen LogP contribution < -0.4 is 9.47 Å². The minimum absolute atomic E-state index is 0.00200. The summed E-state index contributed by atoms with van der Waals surface area (Å²) in [5, 5.41) is 21.2. The number of aliphatic hydroxyl groups excluding tert-OH is 1. The Morgan fingerprint density at radius 3 is 2.36 bits per heavy atom. The Morgan fingerprint density at radius 1 is 1.06 bits per heavy atom. The Balaban J connectivity index is 2.15. The highest BCUT2D eigenvalue weighted by molar-refractivity contribution is 6.46. The molecule has 0 bridgehead atoms. The first-order valence-electron chi connectivity index (χ1n) is 10.6. The van der Waals surface area contributed by atoms with Crippen LogP contribution in [0.25, 0.3) is 5.76 Å². The van der Waals surface area contributed by atoms with Crippen LogP contribution in [0, 0.1) is 6.92 Å². The summed E-state index contributed by atoms with van der Waals surface area (Å²) >= 11 is 0. The van der Waals surface area contributed by atoms with E-state index in [2.05, 4.69) is 0 Å². The second-order valence-electron chi connectivity index (χ2n) is 8.27. The molecule has 2 aromatic carbocycles. The number of benzene rings is 2. The van der Waals surface area contributed by atoms with Gasteiger partial charge in [-0.2, -0.15) is 0 Å². The Hall–Kier alpha value is -3.52. The zero-order chi connectivity index (χ0) is 24.3. The lowest BCUT2D eigenvalue weighted by molar-refractivity contribution is -0.139. The van der Waals surface area contributed by atoms with Gasteiger partial charge in [0.05, 0.1) is 25.8 Å². The number of ether oxygens (including phenoxy) is 2. The second-order valence-corrected chi connectivity index (χ2v) is 8.27. The molecule has 1 heterocycles. The van der Waals surface area contributed by atoms with Crippen LogP contribution in [0.4, 0.5) is 0 Å². The van der Waals surface area contributed by atoms with Crippen molar-refractivity contribution in [2.75, 3.05) is 41.4 Å². The number of aliphatic hydroxyl groups is 1. The van der Waals surface area contributed by atoms with Crippen LogP contribution in [0.15, 0.2) is 42.0 Å². The molecule has 1 amide bonds. The molecule has 0 aromatic heterocycles. The van der Waals surface area contributed by atoms with Crippen molar-refractivity contribution in [1.29, 1.82) is 0 Å². The van der Waals surface area contributed by atoms with Gasteiger partial charge in [-0.05, 0) is 75.4 Å². The molecule has 0 spiro atoms. The third-order valence-corrected chi connectivity index (χ3v) is 5.73. The van der Waals surface area contributed by atoms with Gasteiger partial charge in [0.15, 0.2) is 11.5 Å². The quantitative estimate of drug-likeness (QED) is 0.359. The Labute approximate surface area is 193 Å². The summed E-state index contributed by atoms with van der Waals surface area (Å²) in [6, 6.07) is 8.90. The van der Waals surface area contributed by atoms with E-state index in [1.54, 1.807) is 37.4 Å². The molecule has 2 aromatic rings. The van der Waals surface area contributed by atoms with E-state index in [1.807, 2.05) is 25.9 Å². The zero-order valence-corrected chi connectivity index (χ0v) is 19.6. The smallest absolute Gasteiger partial charge is 0.295 e. The van der Waals surface area contributed by atoms with E-state index in [-0.39, 0.29) is 22.8 Å². The fraction of sp³-hybridized carbons (Fsp3) is 0.360. The number of ketones is 1. The van der Waals surface area contributed by atoms with Crippen LogP contribution in [0.2, 0.25) is 0 Å². The highest BCUT2D eigenvalue weighted by Gasteiger charge is 2.46. The zero-order valence-electron chi connectivity index (χ0n) is 19.6. The molecule has 8 heteroatoms. The molecular weight excluding hydrogens is 424 g/mol. The molecule has 1 atom stereocenters. The lowest BCUT2D eigenvalue weighted by Gasteiger charge is -2.26. The maximum absolute atomic E-state index is 13.1. The van der Waals surface area contributed by atoms with Crippen molar-refractivity contribution < 1.29 is 29.3 Å². The van der Waals surface area contributed by atoms with E-state index in [1.165, 1.54) is 18.1 Å². The number of methoxy groups -OCH3 is 2. The van der Waals surface area contributed by atoms with Gasteiger partial charge in [0.1, 0.15) is 11.5 Å². The van der Waals surface area contributed by atoms with Crippen molar-refractivity contribution in [1.82, 2.24) is 9.80 Å². The Bertz CT molecular complexity index is 1090. The van der Waals surface area contributed by atoms with E-state index in [0.29, 0.717) is 29.8 Å². The molecule has 2 N–H and O–H groups in total. The summed E-state index contributed by atoms with van der Waals surface area (Å²) in [6.07, 6.45) is 0.646. The minimum Gasteiger partial charge on any atom is -0.507 e. The summed E-state index contributed by atoms with van der Waals surface area (Å²) in [6.45, 7) is 2.89. The summed E-state index contributed by atoms with van der Waals surface area (Å²) in [4.78, 5) is 29.6. The maximum atomic E-state index is 13.1. The Kier molecular flexibility index (Phi) is 7.28. The van der Waals surface area contributed by atoms with Crippen LogP contribution in [0.1, 0.15) is 29.2 Å². The average molecular weight is 455 g/mol. The molecule has 8 nitrogen and oxygen atoms in total. The number of Topliss-reactive ketones (excluding diaryl/α,β-unsaturated/α-hetero) is 1. The number of carbonyl (C=O) groups excluding carboxylic acids is 2. The monoisotopic (exact) mass is 454 g/mol. The molecular formula is C25H30N2O6. The highest BCUT2D eigenvalue weighted by atomic mass is 16.5. The third-order valence-electron chi connectivity index (χ3n) is 5.73. The topological polar surface area (TPSA) is 99.5 Å². The van der Waals surface area contributed by atoms with E-state index >= 15 is 0 Å². The fourth-order valence-electron chi connectivity index (χ4n) is 4.06. The van der Waals surface area contributed by atoms with Crippen LogP contribution in [-0.4, -0.2) is 73.1 Å². The molecule has 0 saturated carbocycles. The first-order chi connectivity index (χ1) is 15.7. The van der Waals surface area contributed by atoms with Crippen LogP contribution in [0.5, 0.6) is 17.2 Å². The summed E-state index contributed by atoms with van der Waals surface area (Å²) in [5.74, 6) is -0.870. The summed E-state index contributed by atoms with van der Waals surface area (Å²) in [7, 11) is 6.84. The lowest BCUT2D eigenvalue weighted by atomic mass is 9.94. The van der Waals surface area contributed by atoms with Crippen molar-refractivity contribution >= 4 is 17.4 Å². The van der Waals surface area contributed by atoms with Gasteiger partial charge in [-0.25, -0.2) is 0 Å². The predicted octanol–water partition coefficient (Wildman–Crippen LogP) is 3.09. The average Bonchev–Trinajstić information content (AvgIpc) is 3.03. The van der Waals surface area contributed by atoms with Gasteiger partial charge in [-0.1, -0.05) is 6.07 Å². The van der Waals surface area contributed by atoms with Crippen LogP contribution in [0.3, 0.4) is 0 Å². The van der Waals surface area contributed by atoms with Gasteiger partial charge in [0, 0.05) is 12.1 Å². The van der Waals surface area contributed by atoms with Gasteiger partial charge in [-0.15, -0.1) is 0 Å². The third kappa shape index (κ3) is 4.80. The molecule has 1 fully saturated rings. The van der Waals surface area contributed by atoms with E-state index in [0.717, 1.165) is 12.1 Å². The van der Waals surface area contributed by atoms with Crippen molar-refractivity contribution in [2.45, 2.75) is 19.4 Å². The number of aryl methyl sites for hydroxylation is 1. The predicted molar refractivity (Wildman–Crippen MR) is 125 cm³/mol. The molecule has 0 radical (unpaired) electrons. The van der Waals surface area contributed by atoms with Crippen molar-refractivity contribution in [3.05, 3.63) is 58.7 Å². The number of nitrogens with zero attached hydrogens (tertiary/aromatic N) is 2.